The summed E-state index contributed by atoms with van der Waals surface area (Å²) in [4.78, 5) is 10.9. The van der Waals surface area contributed by atoms with E-state index in [9.17, 15) is 4.79 Å². The van der Waals surface area contributed by atoms with Crippen molar-refractivity contribution in [1.29, 1.82) is 0 Å². The Bertz CT molecular complexity index is 178. The highest BCUT2D eigenvalue weighted by molar-refractivity contribution is 5.75. The molecule has 0 aromatic rings. The zero-order valence-electron chi connectivity index (χ0n) is 8.13. The van der Waals surface area contributed by atoms with Crippen molar-refractivity contribution in [2.45, 2.75) is 40.0 Å². The Hall–Kier alpha value is -0.530. The molecule has 12 heavy (non-hydrogen) atoms. The Morgan fingerprint density at radius 1 is 1.58 bits per heavy atom. The molecule has 0 atom stereocenters. The average molecular weight is 170 g/mol. The van der Waals surface area contributed by atoms with Crippen LogP contribution in [-0.2, 0) is 4.79 Å². The number of hydrogen-bond donors (Lipinski definition) is 1. The summed E-state index contributed by atoms with van der Waals surface area (Å²) in [5, 5.41) is 8.98. The molecule has 1 fully saturated rings. The maximum atomic E-state index is 10.9. The lowest BCUT2D eigenvalue weighted by molar-refractivity contribution is -0.160. The SMILES string of the molecule is CCC1(C(=O)O)CC(C(C)C)C1. The van der Waals surface area contributed by atoms with E-state index >= 15 is 0 Å². The summed E-state index contributed by atoms with van der Waals surface area (Å²) in [7, 11) is 0. The van der Waals surface area contributed by atoms with E-state index < -0.39 is 5.97 Å². The summed E-state index contributed by atoms with van der Waals surface area (Å²) in [6.45, 7) is 6.32. The molecule has 0 bridgehead atoms. The maximum absolute atomic E-state index is 10.9. The highest BCUT2D eigenvalue weighted by atomic mass is 16.4. The van der Waals surface area contributed by atoms with Crippen LogP contribution in [0.15, 0.2) is 0 Å². The molecule has 0 unspecified atom stereocenters. The van der Waals surface area contributed by atoms with Crippen molar-refractivity contribution in [1.82, 2.24) is 0 Å². The van der Waals surface area contributed by atoms with Crippen molar-refractivity contribution in [2.24, 2.45) is 17.3 Å². The van der Waals surface area contributed by atoms with Crippen LogP contribution in [0.25, 0.3) is 0 Å². The lowest BCUT2D eigenvalue weighted by Crippen LogP contribution is -2.45. The quantitative estimate of drug-likeness (QED) is 0.706. The fourth-order valence-corrected chi connectivity index (χ4v) is 2.03. The van der Waals surface area contributed by atoms with Gasteiger partial charge in [0.05, 0.1) is 5.41 Å². The minimum Gasteiger partial charge on any atom is -0.481 e. The lowest BCUT2D eigenvalue weighted by atomic mass is 9.57. The van der Waals surface area contributed by atoms with Crippen LogP contribution < -0.4 is 0 Å². The van der Waals surface area contributed by atoms with Gasteiger partial charge in [-0.2, -0.15) is 0 Å². The molecule has 1 saturated carbocycles. The molecule has 0 heterocycles. The predicted molar refractivity (Wildman–Crippen MR) is 47.9 cm³/mol. The second kappa shape index (κ2) is 3.08. The second-order valence-corrected chi connectivity index (χ2v) is 4.35. The predicted octanol–water partition coefficient (Wildman–Crippen LogP) is 2.53. The zero-order chi connectivity index (χ0) is 9.35. The van der Waals surface area contributed by atoms with Crippen molar-refractivity contribution in [2.75, 3.05) is 0 Å². The van der Waals surface area contributed by atoms with Crippen molar-refractivity contribution in [3.8, 4) is 0 Å². The summed E-state index contributed by atoms with van der Waals surface area (Å²) in [5.41, 5.74) is -0.366. The summed E-state index contributed by atoms with van der Waals surface area (Å²) >= 11 is 0. The van der Waals surface area contributed by atoms with Crippen LogP contribution in [-0.4, -0.2) is 11.1 Å². The average Bonchev–Trinajstić information content (AvgIpc) is 1.84. The molecule has 70 valence electrons. The third kappa shape index (κ3) is 1.35. The summed E-state index contributed by atoms with van der Waals surface area (Å²) < 4.78 is 0. The van der Waals surface area contributed by atoms with Gasteiger partial charge in [0.25, 0.3) is 0 Å². The third-order valence-electron chi connectivity index (χ3n) is 3.38. The van der Waals surface area contributed by atoms with Gasteiger partial charge in [0.15, 0.2) is 0 Å². The van der Waals surface area contributed by atoms with Gasteiger partial charge in [-0.1, -0.05) is 20.8 Å². The molecule has 0 radical (unpaired) electrons. The highest BCUT2D eigenvalue weighted by Gasteiger charge is 2.49. The monoisotopic (exact) mass is 170 g/mol. The largest absolute Gasteiger partial charge is 0.481 e. The number of aliphatic carboxylic acids is 1. The van der Waals surface area contributed by atoms with Crippen LogP contribution in [0.1, 0.15) is 40.0 Å². The Labute approximate surface area is 74.0 Å². The Morgan fingerprint density at radius 2 is 2.08 bits per heavy atom. The molecule has 1 rings (SSSR count). The van der Waals surface area contributed by atoms with Gasteiger partial charge >= 0.3 is 5.97 Å². The van der Waals surface area contributed by atoms with Crippen molar-refractivity contribution in [3.63, 3.8) is 0 Å². The normalized spacial score (nSPS) is 34.8. The van der Waals surface area contributed by atoms with Gasteiger partial charge in [-0.15, -0.1) is 0 Å². The van der Waals surface area contributed by atoms with Crippen LogP contribution in [0.3, 0.4) is 0 Å². The van der Waals surface area contributed by atoms with Crippen molar-refractivity contribution < 1.29 is 9.90 Å². The van der Waals surface area contributed by atoms with E-state index in [0.29, 0.717) is 11.8 Å². The van der Waals surface area contributed by atoms with E-state index in [-0.39, 0.29) is 5.41 Å². The standard InChI is InChI=1S/C10H18O2/c1-4-10(9(11)12)5-8(6-10)7(2)3/h7-8H,4-6H2,1-3H3,(H,11,12). The Morgan fingerprint density at radius 3 is 2.33 bits per heavy atom. The zero-order valence-corrected chi connectivity index (χ0v) is 8.13. The summed E-state index contributed by atoms with van der Waals surface area (Å²) in [6.07, 6.45) is 2.55. The molecule has 2 heteroatoms. The first-order valence-electron chi connectivity index (χ1n) is 4.75. The van der Waals surface area contributed by atoms with Gasteiger partial charge in [-0.3, -0.25) is 4.79 Å². The number of carboxylic acid groups (broad SMARTS) is 1. The highest BCUT2D eigenvalue weighted by Crippen LogP contribution is 2.51. The summed E-state index contributed by atoms with van der Waals surface area (Å²) in [6, 6.07) is 0. The van der Waals surface area contributed by atoms with Crippen molar-refractivity contribution >= 4 is 5.97 Å². The van der Waals surface area contributed by atoms with Gasteiger partial charge in [-0.25, -0.2) is 0 Å². The van der Waals surface area contributed by atoms with E-state index in [4.69, 9.17) is 5.11 Å². The smallest absolute Gasteiger partial charge is 0.309 e. The fraction of sp³-hybridized carbons (Fsp3) is 0.900. The van der Waals surface area contributed by atoms with Crippen LogP contribution in [0.5, 0.6) is 0 Å². The fourth-order valence-electron chi connectivity index (χ4n) is 2.03. The lowest BCUT2D eigenvalue weighted by Gasteiger charge is -2.46. The summed E-state index contributed by atoms with van der Waals surface area (Å²) in [5.74, 6) is 0.687. The molecule has 0 saturated heterocycles. The molecule has 1 aliphatic rings. The Kier molecular flexibility index (Phi) is 2.45. The van der Waals surface area contributed by atoms with Gasteiger partial charge in [0.1, 0.15) is 0 Å². The molecule has 1 N–H and O–H groups in total. The minimum atomic E-state index is -0.595. The van der Waals surface area contributed by atoms with Crippen LogP contribution in [0.2, 0.25) is 0 Å². The van der Waals surface area contributed by atoms with Gasteiger partial charge < -0.3 is 5.11 Å². The number of rotatable bonds is 3. The number of carbonyl (C=O) groups is 1. The maximum Gasteiger partial charge on any atom is 0.309 e. The van der Waals surface area contributed by atoms with E-state index in [0.717, 1.165) is 19.3 Å². The molecular weight excluding hydrogens is 152 g/mol. The van der Waals surface area contributed by atoms with E-state index in [1.807, 2.05) is 6.92 Å². The topological polar surface area (TPSA) is 37.3 Å². The number of hydrogen-bond acceptors (Lipinski definition) is 1. The van der Waals surface area contributed by atoms with Gasteiger partial charge in [0.2, 0.25) is 0 Å². The molecule has 0 amide bonds. The molecule has 0 aliphatic heterocycles. The van der Waals surface area contributed by atoms with Crippen LogP contribution in [0.4, 0.5) is 0 Å². The molecule has 0 spiro atoms. The van der Waals surface area contributed by atoms with Crippen LogP contribution in [0, 0.1) is 17.3 Å². The molecular formula is C10H18O2. The molecule has 2 nitrogen and oxygen atoms in total. The first-order valence-corrected chi connectivity index (χ1v) is 4.75. The second-order valence-electron chi connectivity index (χ2n) is 4.35. The first kappa shape index (κ1) is 9.56. The van der Waals surface area contributed by atoms with E-state index in [1.54, 1.807) is 0 Å². The van der Waals surface area contributed by atoms with Gasteiger partial charge in [0, 0.05) is 0 Å². The number of carboxylic acids is 1. The molecule has 1 aliphatic carbocycles. The van der Waals surface area contributed by atoms with Crippen LogP contribution >= 0.6 is 0 Å². The first-order chi connectivity index (χ1) is 5.52. The van der Waals surface area contributed by atoms with Gasteiger partial charge in [-0.05, 0) is 31.1 Å². The van der Waals surface area contributed by atoms with E-state index in [2.05, 4.69) is 13.8 Å². The van der Waals surface area contributed by atoms with E-state index in [1.165, 1.54) is 0 Å². The van der Waals surface area contributed by atoms with Crippen molar-refractivity contribution in [3.05, 3.63) is 0 Å². The Balaban J connectivity index is 2.52. The third-order valence-corrected chi connectivity index (χ3v) is 3.38. The molecule has 0 aromatic heterocycles. The minimum absolute atomic E-state index is 0.366. The molecule has 0 aromatic carbocycles.